The smallest absolute Gasteiger partial charge is 0.220 e. The highest BCUT2D eigenvalue weighted by Crippen LogP contribution is 2.21. The third-order valence-electron chi connectivity index (χ3n) is 4.04. The first-order valence-electron chi connectivity index (χ1n) is 7.59. The van der Waals surface area contributed by atoms with E-state index in [1.807, 2.05) is 30.6 Å². The molecule has 0 saturated heterocycles. The van der Waals surface area contributed by atoms with Gasteiger partial charge >= 0.3 is 0 Å². The van der Waals surface area contributed by atoms with Crippen LogP contribution in [0, 0.1) is 0 Å². The van der Waals surface area contributed by atoms with Gasteiger partial charge in [0.2, 0.25) is 5.95 Å². The predicted octanol–water partition coefficient (Wildman–Crippen LogP) is 2.27. The van der Waals surface area contributed by atoms with Crippen molar-refractivity contribution in [2.75, 3.05) is 12.3 Å². The zero-order chi connectivity index (χ0) is 15.6. The lowest BCUT2D eigenvalue weighted by atomic mass is 10.1. The van der Waals surface area contributed by atoms with Crippen molar-refractivity contribution in [3.63, 3.8) is 0 Å². The minimum Gasteiger partial charge on any atom is -0.463 e. The molecule has 4 rings (SSSR count). The first kappa shape index (κ1) is 13.9. The van der Waals surface area contributed by atoms with Crippen LogP contribution >= 0.6 is 0 Å². The first-order chi connectivity index (χ1) is 11.3. The number of nitrogen functional groups attached to an aromatic ring is 1. The second-order valence-electron chi connectivity index (χ2n) is 5.69. The molecular weight excluding hydrogens is 290 g/mol. The van der Waals surface area contributed by atoms with Crippen molar-refractivity contribution in [2.45, 2.75) is 19.5 Å². The fourth-order valence-corrected chi connectivity index (χ4v) is 2.87. The van der Waals surface area contributed by atoms with E-state index in [-0.39, 0.29) is 0 Å². The Kier molecular flexibility index (Phi) is 3.51. The minimum absolute atomic E-state index is 0.356. The lowest BCUT2D eigenvalue weighted by Crippen LogP contribution is -2.31. The van der Waals surface area contributed by atoms with Gasteiger partial charge in [0, 0.05) is 44.0 Å². The minimum atomic E-state index is 0.356. The summed E-state index contributed by atoms with van der Waals surface area (Å²) in [6, 6.07) is 7.87. The van der Waals surface area contributed by atoms with Gasteiger partial charge in [-0.3, -0.25) is 9.88 Å². The molecule has 3 aromatic heterocycles. The standard InChI is InChI=1S/C17H17N5O/c18-17-20-9-13-11-22(6-5-14(13)21-17)10-12-3-4-15(19-8-12)16-2-1-7-23-16/h1-4,7-9H,5-6,10-11H2,(H2,18,20,21). The van der Waals surface area contributed by atoms with E-state index < -0.39 is 0 Å². The normalized spacial score (nSPS) is 14.6. The highest BCUT2D eigenvalue weighted by Gasteiger charge is 2.18. The Morgan fingerprint density at radius 3 is 2.91 bits per heavy atom. The van der Waals surface area contributed by atoms with Crippen LogP contribution in [0.15, 0.2) is 47.3 Å². The maximum atomic E-state index is 5.64. The molecule has 0 unspecified atom stereocenters. The van der Waals surface area contributed by atoms with Crippen LogP contribution in [0.2, 0.25) is 0 Å². The SMILES string of the molecule is Nc1ncc2c(n1)CCN(Cc1ccc(-c3ccco3)nc1)C2. The molecule has 0 aromatic carbocycles. The van der Waals surface area contributed by atoms with Gasteiger partial charge in [-0.1, -0.05) is 6.07 Å². The largest absolute Gasteiger partial charge is 0.463 e. The summed E-state index contributed by atoms with van der Waals surface area (Å²) >= 11 is 0. The molecule has 0 aliphatic carbocycles. The van der Waals surface area contributed by atoms with E-state index in [2.05, 4.69) is 25.9 Å². The molecule has 1 aliphatic rings. The van der Waals surface area contributed by atoms with Crippen molar-refractivity contribution < 1.29 is 4.42 Å². The van der Waals surface area contributed by atoms with E-state index >= 15 is 0 Å². The van der Waals surface area contributed by atoms with Gasteiger partial charge in [0.25, 0.3) is 0 Å². The molecule has 6 heteroatoms. The molecule has 1 aliphatic heterocycles. The van der Waals surface area contributed by atoms with E-state index in [1.165, 1.54) is 5.56 Å². The maximum absolute atomic E-state index is 5.64. The van der Waals surface area contributed by atoms with Gasteiger partial charge in [-0.05, 0) is 23.8 Å². The van der Waals surface area contributed by atoms with Gasteiger partial charge in [-0.25, -0.2) is 9.97 Å². The number of rotatable bonds is 3. The zero-order valence-electron chi connectivity index (χ0n) is 12.6. The van der Waals surface area contributed by atoms with Crippen LogP contribution in [0.5, 0.6) is 0 Å². The Bertz CT molecular complexity index is 798. The average molecular weight is 307 g/mol. The number of hydrogen-bond donors (Lipinski definition) is 1. The summed E-state index contributed by atoms with van der Waals surface area (Å²) in [5.41, 5.74) is 9.90. The fourth-order valence-electron chi connectivity index (χ4n) is 2.87. The molecule has 3 aromatic rings. The molecule has 0 saturated carbocycles. The van der Waals surface area contributed by atoms with E-state index in [4.69, 9.17) is 10.2 Å². The first-order valence-corrected chi connectivity index (χ1v) is 7.59. The summed E-state index contributed by atoms with van der Waals surface area (Å²) in [5.74, 6) is 1.15. The van der Waals surface area contributed by atoms with Gasteiger partial charge in [-0.15, -0.1) is 0 Å². The summed E-state index contributed by atoms with van der Waals surface area (Å²) in [6.07, 6.45) is 6.31. The molecule has 0 atom stereocenters. The van der Waals surface area contributed by atoms with Gasteiger partial charge in [0.1, 0.15) is 5.69 Å². The number of nitrogens with two attached hydrogens (primary N) is 1. The molecule has 0 amide bonds. The van der Waals surface area contributed by atoms with Gasteiger partial charge < -0.3 is 10.2 Å². The molecular formula is C17H17N5O. The van der Waals surface area contributed by atoms with Crippen molar-refractivity contribution in [3.05, 3.63) is 59.7 Å². The highest BCUT2D eigenvalue weighted by molar-refractivity contribution is 5.51. The molecule has 116 valence electrons. The third kappa shape index (κ3) is 2.93. The van der Waals surface area contributed by atoms with E-state index in [0.717, 1.165) is 48.8 Å². The average Bonchev–Trinajstić information content (AvgIpc) is 3.10. The second kappa shape index (κ2) is 5.81. The van der Waals surface area contributed by atoms with Crippen LogP contribution in [0.3, 0.4) is 0 Å². The van der Waals surface area contributed by atoms with Crippen LogP contribution in [0.4, 0.5) is 5.95 Å². The fraction of sp³-hybridized carbons (Fsp3) is 0.235. The molecule has 0 radical (unpaired) electrons. The lowest BCUT2D eigenvalue weighted by molar-refractivity contribution is 0.243. The van der Waals surface area contributed by atoms with E-state index in [1.54, 1.807) is 6.26 Å². The quantitative estimate of drug-likeness (QED) is 0.799. The molecule has 0 fully saturated rings. The Hall–Kier alpha value is -2.73. The number of furan rings is 1. The van der Waals surface area contributed by atoms with Crippen LogP contribution in [0.25, 0.3) is 11.5 Å². The second-order valence-corrected chi connectivity index (χ2v) is 5.69. The molecule has 4 heterocycles. The molecule has 0 spiro atoms. The van der Waals surface area contributed by atoms with Crippen LogP contribution in [-0.2, 0) is 19.5 Å². The van der Waals surface area contributed by atoms with Crippen molar-refractivity contribution >= 4 is 5.95 Å². The zero-order valence-corrected chi connectivity index (χ0v) is 12.6. The summed E-state index contributed by atoms with van der Waals surface area (Å²) in [7, 11) is 0. The summed E-state index contributed by atoms with van der Waals surface area (Å²) < 4.78 is 5.36. The van der Waals surface area contributed by atoms with Gasteiger partial charge in [0.15, 0.2) is 5.76 Å². The van der Waals surface area contributed by atoms with Crippen molar-refractivity contribution in [3.8, 4) is 11.5 Å². The summed E-state index contributed by atoms with van der Waals surface area (Å²) in [5, 5.41) is 0. The maximum Gasteiger partial charge on any atom is 0.220 e. The Balaban J connectivity index is 1.45. The van der Waals surface area contributed by atoms with Crippen LogP contribution in [-0.4, -0.2) is 26.4 Å². The number of hydrogen-bond acceptors (Lipinski definition) is 6. The van der Waals surface area contributed by atoms with Crippen LogP contribution in [0.1, 0.15) is 16.8 Å². The van der Waals surface area contributed by atoms with Crippen molar-refractivity contribution in [2.24, 2.45) is 0 Å². The topological polar surface area (TPSA) is 81.1 Å². The van der Waals surface area contributed by atoms with Crippen LogP contribution < -0.4 is 5.73 Å². The number of fused-ring (bicyclic) bond motifs is 1. The monoisotopic (exact) mass is 307 g/mol. The Labute approximate surface area is 134 Å². The van der Waals surface area contributed by atoms with Crippen molar-refractivity contribution in [1.29, 1.82) is 0 Å². The molecule has 0 bridgehead atoms. The van der Waals surface area contributed by atoms with E-state index in [0.29, 0.717) is 5.95 Å². The van der Waals surface area contributed by atoms with Crippen molar-refractivity contribution in [1.82, 2.24) is 19.9 Å². The summed E-state index contributed by atoms with van der Waals surface area (Å²) in [4.78, 5) is 15.3. The number of anilines is 1. The molecule has 23 heavy (non-hydrogen) atoms. The molecule has 6 nitrogen and oxygen atoms in total. The Morgan fingerprint density at radius 2 is 2.13 bits per heavy atom. The highest BCUT2D eigenvalue weighted by atomic mass is 16.3. The molecule has 2 N–H and O–H groups in total. The number of nitrogens with zero attached hydrogens (tertiary/aromatic N) is 4. The van der Waals surface area contributed by atoms with Gasteiger partial charge in [-0.2, -0.15) is 0 Å². The summed E-state index contributed by atoms with van der Waals surface area (Å²) in [6.45, 7) is 2.66. The number of pyridine rings is 1. The van der Waals surface area contributed by atoms with Gasteiger partial charge in [0.05, 0.1) is 12.0 Å². The predicted molar refractivity (Wildman–Crippen MR) is 86.2 cm³/mol. The third-order valence-corrected chi connectivity index (χ3v) is 4.04. The Morgan fingerprint density at radius 1 is 1.17 bits per heavy atom. The number of aromatic nitrogens is 3. The van der Waals surface area contributed by atoms with E-state index in [9.17, 15) is 0 Å². The lowest BCUT2D eigenvalue weighted by Gasteiger charge is -2.27.